The molecular formula is C13H14N2O2S. The zero-order valence-corrected chi connectivity index (χ0v) is 11.0. The Hall–Kier alpha value is -1.88. The number of benzene rings is 1. The van der Waals surface area contributed by atoms with E-state index in [2.05, 4.69) is 5.32 Å². The van der Waals surface area contributed by atoms with Crippen LogP contribution in [0.5, 0.6) is 0 Å². The summed E-state index contributed by atoms with van der Waals surface area (Å²) in [6, 6.07) is 6.60. The summed E-state index contributed by atoms with van der Waals surface area (Å²) in [7, 11) is 0. The number of hydrogen-bond acceptors (Lipinski definition) is 2. The second-order valence-electron chi connectivity index (χ2n) is 4.69. The molecule has 0 spiro atoms. The van der Waals surface area contributed by atoms with Crippen LogP contribution >= 0.6 is 12.2 Å². The van der Waals surface area contributed by atoms with Crippen molar-refractivity contribution in [2.75, 3.05) is 4.90 Å². The summed E-state index contributed by atoms with van der Waals surface area (Å²) >= 11 is 5.29. The minimum absolute atomic E-state index is 0.158. The zero-order valence-electron chi connectivity index (χ0n) is 10.2. The number of carboxylic acid groups (broad SMARTS) is 1. The summed E-state index contributed by atoms with van der Waals surface area (Å²) in [5.41, 5.74) is 0.942. The van der Waals surface area contributed by atoms with Crippen LogP contribution in [-0.4, -0.2) is 21.7 Å². The first-order chi connectivity index (χ1) is 8.39. The van der Waals surface area contributed by atoms with Gasteiger partial charge in [-0.25, -0.2) is 4.79 Å². The van der Waals surface area contributed by atoms with Gasteiger partial charge in [0.2, 0.25) is 0 Å². The van der Waals surface area contributed by atoms with Gasteiger partial charge in [0.15, 0.2) is 5.11 Å². The van der Waals surface area contributed by atoms with Crippen LogP contribution in [0.4, 0.5) is 5.69 Å². The lowest BCUT2D eigenvalue weighted by Gasteiger charge is -2.34. The van der Waals surface area contributed by atoms with E-state index in [0.29, 0.717) is 5.11 Å². The van der Waals surface area contributed by atoms with E-state index in [1.54, 1.807) is 24.3 Å². The number of hydrogen-bond donors (Lipinski definition) is 2. The van der Waals surface area contributed by atoms with Crippen LogP contribution in [0.2, 0.25) is 0 Å². The molecule has 0 saturated carbocycles. The van der Waals surface area contributed by atoms with E-state index in [9.17, 15) is 4.79 Å². The lowest BCUT2D eigenvalue weighted by atomic mass is 10.0. The monoisotopic (exact) mass is 262 g/mol. The summed E-state index contributed by atoms with van der Waals surface area (Å²) in [5.74, 6) is -0.933. The van der Waals surface area contributed by atoms with E-state index >= 15 is 0 Å². The summed E-state index contributed by atoms with van der Waals surface area (Å²) in [4.78, 5) is 12.6. The van der Waals surface area contributed by atoms with E-state index in [1.165, 1.54) is 0 Å². The minimum atomic E-state index is -0.933. The van der Waals surface area contributed by atoms with Crippen molar-refractivity contribution in [3.8, 4) is 0 Å². The molecule has 1 heterocycles. The second-order valence-corrected chi connectivity index (χ2v) is 5.08. The van der Waals surface area contributed by atoms with Gasteiger partial charge in [-0.2, -0.15) is 0 Å². The van der Waals surface area contributed by atoms with Gasteiger partial charge in [0.1, 0.15) is 0 Å². The van der Waals surface area contributed by atoms with Gasteiger partial charge in [-0.05, 0) is 56.4 Å². The summed E-state index contributed by atoms with van der Waals surface area (Å²) in [6.07, 6.45) is 3.91. The highest BCUT2D eigenvalue weighted by Gasteiger charge is 2.23. The van der Waals surface area contributed by atoms with E-state index in [-0.39, 0.29) is 11.1 Å². The van der Waals surface area contributed by atoms with Crippen LogP contribution < -0.4 is 10.2 Å². The normalized spacial score (nSPS) is 17.4. The van der Waals surface area contributed by atoms with E-state index in [4.69, 9.17) is 17.3 Å². The third-order valence-electron chi connectivity index (χ3n) is 2.68. The molecule has 2 N–H and O–H groups in total. The summed E-state index contributed by atoms with van der Waals surface area (Å²) in [5, 5.41) is 12.6. The van der Waals surface area contributed by atoms with E-state index < -0.39 is 5.97 Å². The summed E-state index contributed by atoms with van der Waals surface area (Å²) < 4.78 is 0. The molecule has 94 valence electrons. The first-order valence-corrected chi connectivity index (χ1v) is 5.94. The molecule has 4 nitrogen and oxygen atoms in total. The second kappa shape index (κ2) is 4.42. The lowest BCUT2D eigenvalue weighted by molar-refractivity contribution is 0.0697. The number of nitrogens with one attached hydrogen (secondary N) is 1. The predicted octanol–water partition coefficient (Wildman–Crippen LogP) is 2.37. The van der Waals surface area contributed by atoms with Crippen LogP contribution in [-0.2, 0) is 0 Å². The highest BCUT2D eigenvalue weighted by Crippen LogP contribution is 2.21. The van der Waals surface area contributed by atoms with Crippen LogP contribution in [0.25, 0.3) is 0 Å². The molecule has 0 unspecified atom stereocenters. The van der Waals surface area contributed by atoms with Crippen molar-refractivity contribution < 1.29 is 9.90 Å². The van der Waals surface area contributed by atoms with Gasteiger partial charge in [0, 0.05) is 11.9 Å². The van der Waals surface area contributed by atoms with Crippen LogP contribution in [0, 0.1) is 0 Å². The van der Waals surface area contributed by atoms with Crippen LogP contribution in [0.1, 0.15) is 24.2 Å². The van der Waals surface area contributed by atoms with Gasteiger partial charge >= 0.3 is 5.97 Å². The maximum atomic E-state index is 10.8. The molecule has 1 aliphatic rings. The SMILES string of the molecule is CC1(C)C=CN(c2ccc(C(=O)O)cc2)C(=S)N1. The topological polar surface area (TPSA) is 52.6 Å². The molecule has 1 aliphatic heterocycles. The predicted molar refractivity (Wildman–Crippen MR) is 74.8 cm³/mol. The van der Waals surface area contributed by atoms with Crippen LogP contribution in [0.3, 0.4) is 0 Å². The maximum Gasteiger partial charge on any atom is 0.335 e. The van der Waals surface area contributed by atoms with Crippen molar-refractivity contribution in [3.63, 3.8) is 0 Å². The third kappa shape index (κ3) is 2.51. The third-order valence-corrected chi connectivity index (χ3v) is 2.98. The minimum Gasteiger partial charge on any atom is -0.478 e. The molecule has 1 aromatic carbocycles. The molecule has 0 radical (unpaired) electrons. The van der Waals surface area contributed by atoms with Gasteiger partial charge in [-0.15, -0.1) is 0 Å². The van der Waals surface area contributed by atoms with E-state index in [1.807, 2.05) is 31.0 Å². The first kappa shape index (κ1) is 12.6. The Morgan fingerprint density at radius 2 is 1.94 bits per heavy atom. The standard InChI is InChI=1S/C13H14N2O2S/c1-13(2)7-8-15(12(18)14-13)10-5-3-9(4-6-10)11(16)17/h3-8H,1-2H3,(H,14,18)(H,16,17). The fraction of sp³-hybridized carbons (Fsp3) is 0.231. The Balaban J connectivity index is 2.27. The first-order valence-electron chi connectivity index (χ1n) is 5.53. The number of carboxylic acids is 1. The van der Waals surface area contributed by atoms with E-state index in [0.717, 1.165) is 5.69 Å². The van der Waals surface area contributed by atoms with Gasteiger partial charge in [0.05, 0.1) is 11.1 Å². The number of aromatic carboxylic acids is 1. The Morgan fingerprint density at radius 3 is 2.44 bits per heavy atom. The molecule has 18 heavy (non-hydrogen) atoms. The van der Waals surface area contributed by atoms with Crippen molar-refractivity contribution in [2.45, 2.75) is 19.4 Å². The molecular weight excluding hydrogens is 248 g/mol. The number of nitrogens with zero attached hydrogens (tertiary/aromatic N) is 1. The van der Waals surface area contributed by atoms with Crippen molar-refractivity contribution in [1.29, 1.82) is 0 Å². The molecule has 1 aromatic rings. The Bertz CT molecular complexity index is 520. The molecule has 0 amide bonds. The molecule has 2 rings (SSSR count). The largest absolute Gasteiger partial charge is 0.478 e. The van der Waals surface area contributed by atoms with Crippen molar-refractivity contribution in [3.05, 3.63) is 42.1 Å². The molecule has 5 heteroatoms. The quantitative estimate of drug-likeness (QED) is 0.801. The number of carbonyl (C=O) groups is 1. The fourth-order valence-electron chi connectivity index (χ4n) is 1.67. The number of anilines is 1. The van der Waals surface area contributed by atoms with Gasteiger partial charge in [-0.3, -0.25) is 4.90 Å². The Morgan fingerprint density at radius 1 is 1.33 bits per heavy atom. The lowest BCUT2D eigenvalue weighted by Crippen LogP contribution is -2.51. The smallest absolute Gasteiger partial charge is 0.335 e. The van der Waals surface area contributed by atoms with Crippen molar-refractivity contribution in [1.82, 2.24) is 5.32 Å². The van der Waals surface area contributed by atoms with Gasteiger partial charge in [-0.1, -0.05) is 0 Å². The van der Waals surface area contributed by atoms with Gasteiger partial charge < -0.3 is 10.4 Å². The number of thiocarbonyl (C=S) groups is 1. The Kier molecular flexibility index (Phi) is 3.09. The zero-order chi connectivity index (χ0) is 13.3. The highest BCUT2D eigenvalue weighted by atomic mass is 32.1. The maximum absolute atomic E-state index is 10.8. The number of rotatable bonds is 2. The molecule has 0 aliphatic carbocycles. The summed E-state index contributed by atoms with van der Waals surface area (Å²) in [6.45, 7) is 4.06. The van der Waals surface area contributed by atoms with Crippen LogP contribution in [0.15, 0.2) is 36.5 Å². The van der Waals surface area contributed by atoms with Crippen molar-refractivity contribution >= 4 is 29.0 Å². The molecule has 0 fully saturated rings. The van der Waals surface area contributed by atoms with Crippen molar-refractivity contribution in [2.24, 2.45) is 0 Å². The average molecular weight is 262 g/mol. The molecule has 0 bridgehead atoms. The average Bonchev–Trinajstić information content (AvgIpc) is 2.28. The van der Waals surface area contributed by atoms with Gasteiger partial charge in [0.25, 0.3) is 0 Å². The highest BCUT2D eigenvalue weighted by molar-refractivity contribution is 7.80. The molecule has 0 saturated heterocycles. The Labute approximate surface area is 111 Å². The molecule has 0 aromatic heterocycles. The molecule has 0 atom stereocenters. The fourth-order valence-corrected chi connectivity index (χ4v) is 2.10.